The summed E-state index contributed by atoms with van der Waals surface area (Å²) in [5, 5.41) is 3.50. The third-order valence-electron chi connectivity index (χ3n) is 4.52. The zero-order valence-electron chi connectivity index (χ0n) is 15.3. The van der Waals surface area contributed by atoms with Crippen molar-refractivity contribution in [3.05, 3.63) is 47.9 Å². The second-order valence-electron chi connectivity index (χ2n) is 6.72. The first-order valence-electron chi connectivity index (χ1n) is 9.01. The van der Waals surface area contributed by atoms with Gasteiger partial charge in [0.05, 0.1) is 17.6 Å². The zero-order valence-corrected chi connectivity index (χ0v) is 15.3. The fourth-order valence-corrected chi connectivity index (χ4v) is 2.99. The van der Waals surface area contributed by atoms with Crippen LogP contribution in [0.5, 0.6) is 0 Å². The van der Waals surface area contributed by atoms with Gasteiger partial charge in [0.25, 0.3) is 0 Å². The van der Waals surface area contributed by atoms with Crippen LogP contribution in [0.1, 0.15) is 43.9 Å². The van der Waals surface area contributed by atoms with Crippen molar-refractivity contribution in [1.29, 1.82) is 0 Å². The van der Waals surface area contributed by atoms with Crippen LogP contribution in [0.3, 0.4) is 0 Å². The Bertz CT molecular complexity index is 852. The number of nitrogens with two attached hydrogens (primary N) is 1. The predicted molar refractivity (Wildman–Crippen MR) is 104 cm³/mol. The van der Waals surface area contributed by atoms with Crippen LogP contribution >= 0.6 is 0 Å². The molecule has 5 heteroatoms. The van der Waals surface area contributed by atoms with E-state index in [0.717, 1.165) is 35.7 Å². The summed E-state index contributed by atoms with van der Waals surface area (Å²) in [7, 11) is 0. The summed E-state index contributed by atoms with van der Waals surface area (Å²) < 4.78 is 2.06. The minimum Gasteiger partial charge on any atom is -0.381 e. The van der Waals surface area contributed by atoms with Gasteiger partial charge in [-0.1, -0.05) is 44.0 Å². The smallest absolute Gasteiger partial charge is 0.180 e. The second-order valence-corrected chi connectivity index (χ2v) is 6.72. The zero-order chi connectivity index (χ0) is 17.8. The fourth-order valence-electron chi connectivity index (χ4n) is 2.99. The number of imidazole rings is 1. The molecule has 0 radical (unpaired) electrons. The maximum atomic E-state index is 6.08. The standard InChI is InChI=1S/C20H27N5/c1-4-5-9-22-11-15(3)17-13-25-18(12-23-19(21)20(25)24-17)16-8-6-7-14(2)10-16/h6-8,10,12-13,15,22H,4-5,9,11H2,1-3H3,(H2,21,23). The molecule has 3 rings (SSSR count). The van der Waals surface area contributed by atoms with Gasteiger partial charge in [-0.05, 0) is 26.0 Å². The van der Waals surface area contributed by atoms with E-state index in [1.165, 1.54) is 18.4 Å². The number of nitrogens with zero attached hydrogens (tertiary/aromatic N) is 3. The van der Waals surface area contributed by atoms with Crippen LogP contribution in [0.2, 0.25) is 0 Å². The largest absolute Gasteiger partial charge is 0.381 e. The number of aromatic nitrogens is 3. The minimum absolute atomic E-state index is 0.321. The average Bonchev–Trinajstić information content (AvgIpc) is 3.05. The number of benzene rings is 1. The van der Waals surface area contributed by atoms with Crippen LogP contribution in [0.4, 0.5) is 5.82 Å². The lowest BCUT2D eigenvalue weighted by atomic mass is 10.1. The SMILES string of the molecule is CCCCNCC(C)c1cn2c(-c3cccc(C)c3)cnc(N)c2n1. The highest BCUT2D eigenvalue weighted by atomic mass is 15.1. The van der Waals surface area contributed by atoms with Crippen molar-refractivity contribution in [3.8, 4) is 11.3 Å². The van der Waals surface area contributed by atoms with Crippen LogP contribution in [-0.4, -0.2) is 27.5 Å². The van der Waals surface area contributed by atoms with E-state index in [0.29, 0.717) is 11.7 Å². The molecule has 2 heterocycles. The molecule has 2 aromatic heterocycles. The molecular formula is C20H27N5. The summed E-state index contributed by atoms with van der Waals surface area (Å²) >= 11 is 0. The van der Waals surface area contributed by atoms with Gasteiger partial charge in [-0.25, -0.2) is 9.97 Å². The Hall–Kier alpha value is -2.40. The van der Waals surface area contributed by atoms with Crippen LogP contribution in [0.25, 0.3) is 16.9 Å². The van der Waals surface area contributed by atoms with E-state index in [2.05, 4.69) is 65.9 Å². The topological polar surface area (TPSA) is 68.2 Å². The van der Waals surface area contributed by atoms with Gasteiger partial charge in [0.15, 0.2) is 11.5 Å². The molecule has 0 aliphatic heterocycles. The summed E-state index contributed by atoms with van der Waals surface area (Å²) in [5.41, 5.74) is 11.2. The summed E-state index contributed by atoms with van der Waals surface area (Å²) in [6, 6.07) is 8.40. The molecule has 0 saturated carbocycles. The number of aryl methyl sites for hydroxylation is 1. The summed E-state index contributed by atoms with van der Waals surface area (Å²) in [6.45, 7) is 8.45. The number of rotatable bonds is 7. The molecular weight excluding hydrogens is 310 g/mol. The van der Waals surface area contributed by atoms with E-state index >= 15 is 0 Å². The van der Waals surface area contributed by atoms with Crippen LogP contribution in [0, 0.1) is 6.92 Å². The van der Waals surface area contributed by atoms with Gasteiger partial charge in [0, 0.05) is 24.2 Å². The second kappa shape index (κ2) is 7.66. The minimum atomic E-state index is 0.321. The lowest BCUT2D eigenvalue weighted by Gasteiger charge is -2.09. The van der Waals surface area contributed by atoms with E-state index in [1.807, 2.05) is 6.20 Å². The normalized spacial score (nSPS) is 12.6. The first-order valence-corrected chi connectivity index (χ1v) is 9.01. The molecule has 1 aromatic carbocycles. The number of nitrogens with one attached hydrogen (secondary N) is 1. The van der Waals surface area contributed by atoms with Crippen molar-refractivity contribution in [2.24, 2.45) is 0 Å². The Labute approximate surface area is 149 Å². The third kappa shape index (κ3) is 3.82. The Morgan fingerprint density at radius 1 is 1.32 bits per heavy atom. The molecule has 1 unspecified atom stereocenters. The molecule has 3 aromatic rings. The number of anilines is 1. The predicted octanol–water partition coefficient (Wildman–Crippen LogP) is 3.78. The van der Waals surface area contributed by atoms with Gasteiger partial charge >= 0.3 is 0 Å². The van der Waals surface area contributed by atoms with E-state index < -0.39 is 0 Å². The van der Waals surface area contributed by atoms with Crippen LogP contribution in [-0.2, 0) is 0 Å². The highest BCUT2D eigenvalue weighted by Crippen LogP contribution is 2.25. The van der Waals surface area contributed by atoms with Crippen molar-refractivity contribution in [1.82, 2.24) is 19.7 Å². The molecule has 0 bridgehead atoms. The maximum Gasteiger partial charge on any atom is 0.180 e. The lowest BCUT2D eigenvalue weighted by Crippen LogP contribution is -2.21. The van der Waals surface area contributed by atoms with Gasteiger partial charge < -0.3 is 11.1 Å². The molecule has 0 saturated heterocycles. The first-order chi connectivity index (χ1) is 12.1. The number of unbranched alkanes of at least 4 members (excludes halogenated alkanes) is 1. The molecule has 3 N–H and O–H groups in total. The molecule has 25 heavy (non-hydrogen) atoms. The lowest BCUT2D eigenvalue weighted by molar-refractivity contribution is 0.585. The number of hydrogen-bond acceptors (Lipinski definition) is 4. The molecule has 0 fully saturated rings. The summed E-state index contributed by atoms with van der Waals surface area (Å²) in [6.07, 6.45) is 6.33. The van der Waals surface area contributed by atoms with Gasteiger partial charge in [-0.15, -0.1) is 0 Å². The van der Waals surface area contributed by atoms with Crippen LogP contribution < -0.4 is 11.1 Å². The molecule has 1 atom stereocenters. The summed E-state index contributed by atoms with van der Waals surface area (Å²) in [4.78, 5) is 9.11. The van der Waals surface area contributed by atoms with Crippen LogP contribution in [0.15, 0.2) is 36.7 Å². The Balaban J connectivity index is 1.93. The molecule has 0 spiro atoms. The molecule has 0 aliphatic carbocycles. The molecule has 5 nitrogen and oxygen atoms in total. The van der Waals surface area contributed by atoms with Gasteiger partial charge in [0.2, 0.25) is 0 Å². The summed E-state index contributed by atoms with van der Waals surface area (Å²) in [5.74, 6) is 0.787. The van der Waals surface area contributed by atoms with E-state index in [1.54, 1.807) is 0 Å². The number of fused-ring (bicyclic) bond motifs is 1. The van der Waals surface area contributed by atoms with Crippen molar-refractivity contribution in [2.45, 2.75) is 39.5 Å². The van der Waals surface area contributed by atoms with Crippen molar-refractivity contribution in [2.75, 3.05) is 18.8 Å². The van der Waals surface area contributed by atoms with Gasteiger partial charge in [-0.2, -0.15) is 0 Å². The fraction of sp³-hybridized carbons (Fsp3) is 0.400. The number of hydrogen-bond donors (Lipinski definition) is 2. The van der Waals surface area contributed by atoms with Crippen molar-refractivity contribution < 1.29 is 0 Å². The van der Waals surface area contributed by atoms with Crippen molar-refractivity contribution in [3.63, 3.8) is 0 Å². The molecule has 0 amide bonds. The van der Waals surface area contributed by atoms with Gasteiger partial charge in [0.1, 0.15) is 0 Å². The monoisotopic (exact) mass is 337 g/mol. The Morgan fingerprint density at radius 3 is 2.92 bits per heavy atom. The third-order valence-corrected chi connectivity index (χ3v) is 4.52. The molecule has 132 valence electrons. The maximum absolute atomic E-state index is 6.08. The Kier molecular flexibility index (Phi) is 5.34. The quantitative estimate of drug-likeness (QED) is 0.644. The molecule has 0 aliphatic rings. The van der Waals surface area contributed by atoms with E-state index in [9.17, 15) is 0 Å². The highest BCUT2D eigenvalue weighted by molar-refractivity contribution is 5.69. The van der Waals surface area contributed by atoms with E-state index in [-0.39, 0.29) is 0 Å². The van der Waals surface area contributed by atoms with E-state index in [4.69, 9.17) is 10.7 Å². The van der Waals surface area contributed by atoms with Gasteiger partial charge in [-0.3, -0.25) is 4.40 Å². The first kappa shape index (κ1) is 17.4. The Morgan fingerprint density at radius 2 is 2.16 bits per heavy atom. The highest BCUT2D eigenvalue weighted by Gasteiger charge is 2.15. The number of nitrogen functional groups attached to an aromatic ring is 1. The van der Waals surface area contributed by atoms with Crippen molar-refractivity contribution >= 4 is 11.5 Å². The average molecular weight is 337 g/mol.